The van der Waals surface area contributed by atoms with Crippen LogP contribution in [-0.2, 0) is 10.0 Å². The standard InChI is InChI=1S/C12H12N2O3S2/c1-17-11-4-2-10(3-5-11)6-9-19(15,16)14-12-13-7-8-18-12/h2-9H,1H3,(H,13,14)/b9-6+. The molecule has 19 heavy (non-hydrogen) atoms. The van der Waals surface area contributed by atoms with E-state index < -0.39 is 10.0 Å². The molecule has 0 aliphatic heterocycles. The van der Waals surface area contributed by atoms with E-state index >= 15 is 0 Å². The topological polar surface area (TPSA) is 68.3 Å². The van der Waals surface area contributed by atoms with Gasteiger partial charge in [-0.25, -0.2) is 13.4 Å². The Morgan fingerprint density at radius 1 is 1.32 bits per heavy atom. The summed E-state index contributed by atoms with van der Waals surface area (Å²) < 4.78 is 30.9. The summed E-state index contributed by atoms with van der Waals surface area (Å²) in [5.41, 5.74) is 0.769. The molecule has 0 radical (unpaired) electrons. The normalized spacial score (nSPS) is 11.6. The van der Waals surface area contributed by atoms with Gasteiger partial charge in [0.05, 0.1) is 12.5 Å². The first-order valence-corrected chi connectivity index (χ1v) is 7.76. The van der Waals surface area contributed by atoms with E-state index in [1.165, 1.54) is 23.6 Å². The van der Waals surface area contributed by atoms with E-state index in [1.54, 1.807) is 36.8 Å². The SMILES string of the molecule is COc1ccc(/C=C/S(=O)(=O)Nc2nccs2)cc1. The molecule has 2 aromatic rings. The third-order valence-electron chi connectivity index (χ3n) is 2.22. The first-order chi connectivity index (χ1) is 9.09. The summed E-state index contributed by atoms with van der Waals surface area (Å²) in [5, 5.41) is 3.15. The molecule has 1 aromatic carbocycles. The summed E-state index contributed by atoms with van der Waals surface area (Å²) in [7, 11) is -1.96. The van der Waals surface area contributed by atoms with Gasteiger partial charge in [-0.15, -0.1) is 11.3 Å². The number of nitrogens with one attached hydrogen (secondary N) is 1. The maximum Gasteiger partial charge on any atom is 0.256 e. The fourth-order valence-corrected chi connectivity index (χ4v) is 2.93. The molecule has 7 heteroatoms. The van der Waals surface area contributed by atoms with Gasteiger partial charge in [-0.05, 0) is 23.8 Å². The lowest BCUT2D eigenvalue weighted by atomic mass is 10.2. The Morgan fingerprint density at radius 2 is 2.05 bits per heavy atom. The van der Waals surface area contributed by atoms with Crippen molar-refractivity contribution < 1.29 is 13.2 Å². The van der Waals surface area contributed by atoms with Crippen LogP contribution in [0.5, 0.6) is 5.75 Å². The number of rotatable bonds is 5. The quantitative estimate of drug-likeness (QED) is 0.920. The Bertz CT molecular complexity index is 647. The number of aromatic nitrogens is 1. The average Bonchev–Trinajstić information content (AvgIpc) is 2.89. The van der Waals surface area contributed by atoms with Gasteiger partial charge >= 0.3 is 0 Å². The maximum atomic E-state index is 11.7. The average molecular weight is 296 g/mol. The van der Waals surface area contributed by atoms with Crippen LogP contribution in [-0.4, -0.2) is 20.5 Å². The third-order valence-corrected chi connectivity index (χ3v) is 4.01. The van der Waals surface area contributed by atoms with E-state index in [9.17, 15) is 8.42 Å². The number of methoxy groups -OCH3 is 1. The van der Waals surface area contributed by atoms with Gasteiger partial charge in [0.1, 0.15) is 5.75 Å². The van der Waals surface area contributed by atoms with Crippen LogP contribution in [0.2, 0.25) is 0 Å². The lowest BCUT2D eigenvalue weighted by molar-refractivity contribution is 0.415. The summed E-state index contributed by atoms with van der Waals surface area (Å²) in [6, 6.07) is 7.07. The van der Waals surface area contributed by atoms with Gasteiger partial charge in [0.15, 0.2) is 5.13 Å². The number of hydrogen-bond donors (Lipinski definition) is 1. The Balaban J connectivity index is 2.08. The number of nitrogens with zero attached hydrogens (tertiary/aromatic N) is 1. The zero-order valence-electron chi connectivity index (χ0n) is 10.1. The summed E-state index contributed by atoms with van der Waals surface area (Å²) in [5.74, 6) is 0.723. The fourth-order valence-electron chi connectivity index (χ4n) is 1.31. The molecule has 5 nitrogen and oxygen atoms in total. The van der Waals surface area contributed by atoms with Gasteiger partial charge in [-0.2, -0.15) is 0 Å². The smallest absolute Gasteiger partial charge is 0.256 e. The summed E-state index contributed by atoms with van der Waals surface area (Å²) in [6.07, 6.45) is 3.05. The van der Waals surface area contributed by atoms with Crippen LogP contribution < -0.4 is 9.46 Å². The highest BCUT2D eigenvalue weighted by Crippen LogP contribution is 2.15. The van der Waals surface area contributed by atoms with Gasteiger partial charge in [-0.1, -0.05) is 12.1 Å². The zero-order valence-corrected chi connectivity index (χ0v) is 11.7. The van der Waals surface area contributed by atoms with Crippen molar-refractivity contribution in [3.63, 3.8) is 0 Å². The minimum Gasteiger partial charge on any atom is -0.497 e. The minimum atomic E-state index is -3.53. The molecule has 0 saturated carbocycles. The Kier molecular flexibility index (Phi) is 4.18. The fraction of sp³-hybridized carbons (Fsp3) is 0.0833. The maximum absolute atomic E-state index is 11.7. The number of hydrogen-bond acceptors (Lipinski definition) is 5. The van der Waals surface area contributed by atoms with E-state index in [0.717, 1.165) is 16.7 Å². The first kappa shape index (κ1) is 13.6. The predicted octanol–water partition coefficient (Wildman–Crippen LogP) is 2.56. The van der Waals surface area contributed by atoms with Gasteiger partial charge in [0, 0.05) is 11.6 Å². The molecule has 1 aromatic heterocycles. The predicted molar refractivity (Wildman–Crippen MR) is 76.7 cm³/mol. The van der Waals surface area contributed by atoms with E-state index in [0.29, 0.717) is 5.13 Å². The number of anilines is 1. The molecule has 0 unspecified atom stereocenters. The number of benzene rings is 1. The second-order valence-electron chi connectivity index (χ2n) is 3.56. The monoisotopic (exact) mass is 296 g/mol. The molecule has 0 saturated heterocycles. The van der Waals surface area contributed by atoms with Crippen LogP contribution in [0, 0.1) is 0 Å². The molecule has 0 amide bonds. The summed E-state index contributed by atoms with van der Waals surface area (Å²) >= 11 is 1.22. The number of thiazole rings is 1. The zero-order chi connectivity index (χ0) is 13.7. The molecule has 0 atom stereocenters. The lowest BCUT2D eigenvalue weighted by Crippen LogP contribution is -2.08. The first-order valence-electron chi connectivity index (χ1n) is 5.33. The lowest BCUT2D eigenvalue weighted by Gasteiger charge is -2.00. The molecule has 100 valence electrons. The Labute approximate surface area is 115 Å². The van der Waals surface area contributed by atoms with E-state index in [2.05, 4.69) is 9.71 Å². The van der Waals surface area contributed by atoms with Gasteiger partial charge in [0.2, 0.25) is 0 Å². The molecule has 1 heterocycles. The van der Waals surface area contributed by atoms with Crippen molar-refractivity contribution in [1.29, 1.82) is 0 Å². The summed E-state index contributed by atoms with van der Waals surface area (Å²) in [4.78, 5) is 3.86. The van der Waals surface area contributed by atoms with Crippen molar-refractivity contribution in [2.45, 2.75) is 0 Å². The molecule has 0 aliphatic rings. The van der Waals surface area contributed by atoms with Gasteiger partial charge in [-0.3, -0.25) is 4.72 Å². The highest BCUT2D eigenvalue weighted by Gasteiger charge is 2.06. The third kappa shape index (κ3) is 4.08. The van der Waals surface area contributed by atoms with Crippen molar-refractivity contribution in [3.8, 4) is 5.75 Å². The Morgan fingerprint density at radius 3 is 2.63 bits per heavy atom. The van der Waals surface area contributed by atoms with Crippen molar-refractivity contribution in [2.24, 2.45) is 0 Å². The molecule has 0 fully saturated rings. The molecule has 0 aliphatic carbocycles. The van der Waals surface area contributed by atoms with Crippen molar-refractivity contribution in [2.75, 3.05) is 11.8 Å². The van der Waals surface area contributed by atoms with Crippen molar-refractivity contribution in [3.05, 3.63) is 46.8 Å². The van der Waals surface area contributed by atoms with E-state index in [4.69, 9.17) is 4.74 Å². The van der Waals surface area contributed by atoms with Crippen LogP contribution in [0.1, 0.15) is 5.56 Å². The highest BCUT2D eigenvalue weighted by molar-refractivity contribution is 7.95. The van der Waals surface area contributed by atoms with Crippen LogP contribution in [0.25, 0.3) is 6.08 Å². The largest absolute Gasteiger partial charge is 0.497 e. The van der Waals surface area contributed by atoms with Crippen LogP contribution in [0.15, 0.2) is 41.3 Å². The molecule has 2 rings (SSSR count). The van der Waals surface area contributed by atoms with Crippen molar-refractivity contribution in [1.82, 2.24) is 4.98 Å². The Hall–Kier alpha value is -1.86. The second-order valence-corrected chi connectivity index (χ2v) is 6.02. The van der Waals surface area contributed by atoms with Crippen LogP contribution in [0.3, 0.4) is 0 Å². The molecular formula is C12H12N2O3S2. The van der Waals surface area contributed by atoms with E-state index in [-0.39, 0.29) is 0 Å². The number of sulfonamides is 1. The molecular weight excluding hydrogens is 284 g/mol. The van der Waals surface area contributed by atoms with Gasteiger partial charge < -0.3 is 4.74 Å². The van der Waals surface area contributed by atoms with Crippen molar-refractivity contribution >= 4 is 32.6 Å². The van der Waals surface area contributed by atoms with E-state index in [1.807, 2.05) is 0 Å². The van der Waals surface area contributed by atoms with Crippen LogP contribution in [0.4, 0.5) is 5.13 Å². The number of ether oxygens (including phenoxy) is 1. The highest BCUT2D eigenvalue weighted by atomic mass is 32.2. The molecule has 0 spiro atoms. The van der Waals surface area contributed by atoms with Gasteiger partial charge in [0.25, 0.3) is 10.0 Å². The molecule has 1 N–H and O–H groups in total. The minimum absolute atomic E-state index is 0.347. The summed E-state index contributed by atoms with van der Waals surface area (Å²) in [6.45, 7) is 0. The molecule has 0 bridgehead atoms. The second kappa shape index (κ2) is 5.85. The van der Waals surface area contributed by atoms with Crippen LogP contribution >= 0.6 is 11.3 Å².